The molecule has 0 aromatic heterocycles. The van der Waals surface area contributed by atoms with Crippen molar-refractivity contribution in [3.05, 3.63) is 180 Å². The number of benzene rings is 7. The Kier molecular flexibility index (Phi) is 13.7. The van der Waals surface area contributed by atoms with E-state index in [0.717, 1.165) is 0 Å². The van der Waals surface area contributed by atoms with Gasteiger partial charge in [-0.25, -0.2) is 0 Å². The molecule has 0 spiro atoms. The molecule has 0 heterocycles. The monoisotopic (exact) mass is 837 g/mol. The van der Waals surface area contributed by atoms with E-state index in [1.807, 2.05) is 0 Å². The minimum atomic E-state index is -0.551. The number of carbonyl (C=O) groups excluding carboxylic acids is 3. The number of rotatable bonds is 15. The molecule has 63 heavy (non-hydrogen) atoms. The van der Waals surface area contributed by atoms with E-state index in [9.17, 15) is 14.4 Å². The standard InChI is InChI=1S/C48H39N9O6/c1-61-43-22-16-40(17-23-43)55-52-37-10-4-34(5-11-37)49-46(58)31-28-32(47(59)50-35-6-12-38(13-7-35)53-56-41-18-24-44(62-2)25-19-41)30-33(29-31)48(60)51-36-8-14-39(15-9-36)54-57-42-20-26-45(63-3)27-21-42/h4-30H,1-3H3,(H,49,58)(H,50,59)(H,51,60). The van der Waals surface area contributed by atoms with Gasteiger partial charge in [0, 0.05) is 33.8 Å². The molecule has 15 nitrogen and oxygen atoms in total. The normalized spacial score (nSPS) is 11.1. The van der Waals surface area contributed by atoms with Gasteiger partial charge in [-0.1, -0.05) is 0 Å². The molecule has 7 aromatic carbocycles. The maximum Gasteiger partial charge on any atom is 0.255 e. The summed E-state index contributed by atoms with van der Waals surface area (Å²) < 4.78 is 15.5. The Balaban J connectivity index is 1.07. The summed E-state index contributed by atoms with van der Waals surface area (Å²) in [5.41, 5.74) is 5.18. The molecule has 0 fully saturated rings. The molecule has 3 N–H and O–H groups in total. The van der Waals surface area contributed by atoms with E-state index < -0.39 is 17.7 Å². The second-order valence-electron chi connectivity index (χ2n) is 13.5. The first-order valence-electron chi connectivity index (χ1n) is 19.3. The summed E-state index contributed by atoms with van der Waals surface area (Å²) in [6.45, 7) is 0. The molecule has 0 radical (unpaired) electrons. The predicted molar refractivity (Wildman–Crippen MR) is 241 cm³/mol. The van der Waals surface area contributed by atoms with Crippen LogP contribution in [0.4, 0.5) is 51.2 Å². The highest BCUT2D eigenvalue weighted by Gasteiger charge is 2.18. The van der Waals surface area contributed by atoms with Gasteiger partial charge in [-0.3, -0.25) is 14.4 Å². The third-order valence-electron chi connectivity index (χ3n) is 9.16. The average Bonchev–Trinajstić information content (AvgIpc) is 3.33. The van der Waals surface area contributed by atoms with Crippen molar-refractivity contribution in [1.82, 2.24) is 0 Å². The molecule has 0 aliphatic rings. The van der Waals surface area contributed by atoms with Gasteiger partial charge in [0.2, 0.25) is 0 Å². The highest BCUT2D eigenvalue weighted by molar-refractivity contribution is 6.13. The highest BCUT2D eigenvalue weighted by atomic mass is 16.5. The third kappa shape index (κ3) is 11.9. The first-order chi connectivity index (χ1) is 30.7. The molecule has 0 bridgehead atoms. The summed E-state index contributed by atoms with van der Waals surface area (Å²) in [4.78, 5) is 41.2. The van der Waals surface area contributed by atoms with Gasteiger partial charge >= 0.3 is 0 Å². The van der Waals surface area contributed by atoms with Crippen LogP contribution >= 0.6 is 0 Å². The summed E-state index contributed by atoms with van der Waals surface area (Å²) in [6.07, 6.45) is 0. The van der Waals surface area contributed by atoms with Crippen LogP contribution < -0.4 is 30.2 Å². The molecule has 7 aromatic rings. The van der Waals surface area contributed by atoms with Crippen LogP contribution in [0.1, 0.15) is 31.1 Å². The van der Waals surface area contributed by atoms with Crippen LogP contribution in [0.3, 0.4) is 0 Å². The third-order valence-corrected chi connectivity index (χ3v) is 9.16. The Hall–Kier alpha value is -8.85. The SMILES string of the molecule is COc1ccc(N=Nc2ccc(NC(=O)c3cc(C(=O)Nc4ccc(N=Nc5ccc(OC)cc5)cc4)cc(C(=O)Nc4ccc(N=Nc5ccc(OC)cc5)cc4)c3)cc2)cc1. The minimum Gasteiger partial charge on any atom is -0.497 e. The maximum atomic E-state index is 13.7. The second-order valence-corrected chi connectivity index (χ2v) is 13.5. The van der Waals surface area contributed by atoms with Crippen molar-refractivity contribution < 1.29 is 28.6 Å². The number of carbonyl (C=O) groups is 3. The molecular formula is C48H39N9O6. The van der Waals surface area contributed by atoms with Gasteiger partial charge in [-0.15, -0.1) is 0 Å². The lowest BCUT2D eigenvalue weighted by Gasteiger charge is -2.12. The summed E-state index contributed by atoms with van der Waals surface area (Å²) in [5.74, 6) is 0.471. The van der Waals surface area contributed by atoms with Crippen LogP contribution in [0.15, 0.2) is 194 Å². The molecule has 0 unspecified atom stereocenters. The van der Waals surface area contributed by atoms with Crippen LogP contribution in [-0.4, -0.2) is 39.1 Å². The van der Waals surface area contributed by atoms with Crippen LogP contribution in [0.5, 0.6) is 17.2 Å². The van der Waals surface area contributed by atoms with E-state index in [4.69, 9.17) is 14.2 Å². The van der Waals surface area contributed by atoms with Gasteiger partial charge in [-0.05, 0) is 164 Å². The van der Waals surface area contributed by atoms with Gasteiger partial charge in [0.15, 0.2) is 0 Å². The number of anilines is 3. The lowest BCUT2D eigenvalue weighted by Crippen LogP contribution is -2.19. The molecule has 312 valence electrons. The molecule has 0 aliphatic heterocycles. The van der Waals surface area contributed by atoms with Crippen molar-refractivity contribution in [3.63, 3.8) is 0 Å². The number of amides is 3. The maximum absolute atomic E-state index is 13.7. The molecule has 0 aliphatic carbocycles. The zero-order valence-corrected chi connectivity index (χ0v) is 34.2. The van der Waals surface area contributed by atoms with Crippen molar-refractivity contribution in [3.8, 4) is 17.2 Å². The molecule has 15 heteroatoms. The summed E-state index contributed by atoms with van der Waals surface area (Å²) in [5, 5.41) is 34.0. The number of methoxy groups -OCH3 is 3. The minimum absolute atomic E-state index is 0.0691. The van der Waals surface area contributed by atoms with Crippen molar-refractivity contribution >= 4 is 68.9 Å². The largest absolute Gasteiger partial charge is 0.497 e. The Morgan fingerprint density at radius 2 is 0.508 bits per heavy atom. The Labute approximate surface area is 362 Å². The number of hydrogen-bond acceptors (Lipinski definition) is 12. The van der Waals surface area contributed by atoms with Crippen molar-refractivity contribution in [2.24, 2.45) is 30.7 Å². The zero-order valence-electron chi connectivity index (χ0n) is 34.2. The zero-order chi connectivity index (χ0) is 44.0. The molecular weight excluding hydrogens is 799 g/mol. The van der Waals surface area contributed by atoms with E-state index in [2.05, 4.69) is 46.6 Å². The van der Waals surface area contributed by atoms with Gasteiger partial charge in [0.05, 0.1) is 55.5 Å². The van der Waals surface area contributed by atoms with Crippen LogP contribution in [-0.2, 0) is 0 Å². The first kappa shape index (κ1) is 42.3. The highest BCUT2D eigenvalue weighted by Crippen LogP contribution is 2.27. The molecule has 0 atom stereocenters. The number of nitrogens with one attached hydrogen (secondary N) is 3. The van der Waals surface area contributed by atoms with Crippen LogP contribution in [0.25, 0.3) is 0 Å². The van der Waals surface area contributed by atoms with Crippen molar-refractivity contribution in [2.75, 3.05) is 37.3 Å². The van der Waals surface area contributed by atoms with Gasteiger partial charge < -0.3 is 30.2 Å². The molecule has 7 rings (SSSR count). The first-order valence-corrected chi connectivity index (χ1v) is 19.3. The second kappa shape index (κ2) is 20.4. The molecule has 0 saturated heterocycles. The van der Waals surface area contributed by atoms with E-state index >= 15 is 0 Å². The van der Waals surface area contributed by atoms with E-state index in [1.54, 1.807) is 167 Å². The van der Waals surface area contributed by atoms with Crippen LogP contribution in [0.2, 0.25) is 0 Å². The van der Waals surface area contributed by atoms with Gasteiger partial charge in [-0.2, -0.15) is 30.7 Å². The van der Waals surface area contributed by atoms with Crippen LogP contribution in [0, 0.1) is 0 Å². The van der Waals surface area contributed by atoms with Crippen molar-refractivity contribution in [1.29, 1.82) is 0 Å². The molecule has 0 saturated carbocycles. The number of ether oxygens (including phenoxy) is 3. The smallest absolute Gasteiger partial charge is 0.255 e. The summed E-state index contributed by atoms with van der Waals surface area (Å²) in [6, 6.07) is 45.9. The average molecular weight is 838 g/mol. The Bertz CT molecular complexity index is 2460. The number of azo groups is 3. The van der Waals surface area contributed by atoms with Gasteiger partial charge in [0.25, 0.3) is 17.7 Å². The van der Waals surface area contributed by atoms with Gasteiger partial charge in [0.1, 0.15) is 17.2 Å². The Morgan fingerprint density at radius 3 is 0.698 bits per heavy atom. The fraction of sp³-hybridized carbons (Fsp3) is 0.0625. The van der Waals surface area contributed by atoms with E-state index in [-0.39, 0.29) is 16.7 Å². The fourth-order valence-electron chi connectivity index (χ4n) is 5.76. The summed E-state index contributed by atoms with van der Waals surface area (Å²) >= 11 is 0. The van der Waals surface area contributed by atoms with Crippen molar-refractivity contribution in [2.45, 2.75) is 0 Å². The molecule has 3 amide bonds. The Morgan fingerprint density at radius 1 is 0.317 bits per heavy atom. The number of nitrogens with zero attached hydrogens (tertiary/aromatic N) is 6. The lowest BCUT2D eigenvalue weighted by molar-refractivity contribution is 0.102. The fourth-order valence-corrected chi connectivity index (χ4v) is 5.76. The van der Waals surface area contributed by atoms with E-state index in [1.165, 1.54) is 18.2 Å². The number of hydrogen-bond donors (Lipinski definition) is 3. The predicted octanol–water partition coefficient (Wildman–Crippen LogP) is 12.7. The lowest BCUT2D eigenvalue weighted by atomic mass is 10.0. The quantitative estimate of drug-likeness (QED) is 0.0861. The summed E-state index contributed by atoms with van der Waals surface area (Å²) in [7, 11) is 4.76. The van der Waals surface area contributed by atoms with E-state index in [0.29, 0.717) is 68.4 Å². The topological polar surface area (TPSA) is 189 Å².